The van der Waals surface area contributed by atoms with Gasteiger partial charge in [-0.3, -0.25) is 0 Å². The molecule has 1 rings (SSSR count). The summed E-state index contributed by atoms with van der Waals surface area (Å²) in [6.07, 6.45) is 5.88. The van der Waals surface area contributed by atoms with E-state index in [9.17, 15) is 8.42 Å². The molecule has 11 heavy (non-hydrogen) atoms. The highest BCUT2D eigenvalue weighted by molar-refractivity contribution is 8.16. The summed E-state index contributed by atoms with van der Waals surface area (Å²) >= 11 is 0. The van der Waals surface area contributed by atoms with E-state index in [1.54, 1.807) is 12.2 Å². The summed E-state index contributed by atoms with van der Waals surface area (Å²) in [6, 6.07) is 0. The molecule has 0 saturated heterocycles. The van der Waals surface area contributed by atoms with E-state index in [-0.39, 0.29) is 17.4 Å². The molecule has 6 heteroatoms. The SMILES string of the molecule is O=S(=O)(Cl)C1=CC=CC=[N+]1.[Cl-]. The zero-order chi connectivity index (χ0) is 7.61. The molecule has 0 bridgehead atoms. The Balaban J connectivity index is 0.000001000. The Morgan fingerprint density at radius 3 is 2.27 bits per heavy atom. The van der Waals surface area contributed by atoms with Crippen molar-refractivity contribution in [1.82, 2.24) is 4.99 Å². The average Bonchev–Trinajstić information content (AvgIpc) is 1.88. The van der Waals surface area contributed by atoms with Crippen LogP contribution in [0.25, 0.3) is 0 Å². The van der Waals surface area contributed by atoms with Gasteiger partial charge in [-0.25, -0.2) is 8.42 Å². The van der Waals surface area contributed by atoms with Crippen molar-refractivity contribution in [3.05, 3.63) is 23.3 Å². The van der Waals surface area contributed by atoms with Gasteiger partial charge in [0.1, 0.15) is 0 Å². The molecule has 1 radical (unpaired) electrons. The first-order valence-electron chi connectivity index (χ1n) is 2.46. The summed E-state index contributed by atoms with van der Waals surface area (Å²) < 4.78 is 21.1. The first kappa shape index (κ1) is 10.7. The zero-order valence-corrected chi connectivity index (χ0v) is 7.57. The van der Waals surface area contributed by atoms with Gasteiger partial charge in [0, 0.05) is 22.8 Å². The standard InChI is InChI=1S/C5H4ClNO2S.ClH/c6-10(8,9)5-3-1-2-4-7-5;/h1-4H;1H/q+1;/p-1. The molecule has 0 atom stereocenters. The van der Waals surface area contributed by atoms with Gasteiger partial charge in [0.05, 0.1) is 4.99 Å². The Kier molecular flexibility index (Phi) is 3.78. The number of rotatable bonds is 1. The van der Waals surface area contributed by atoms with Crippen LogP contribution in [-0.4, -0.2) is 14.6 Å². The maximum atomic E-state index is 10.5. The minimum absolute atomic E-state index is 0. The van der Waals surface area contributed by atoms with Gasteiger partial charge in [-0.2, -0.15) is 0 Å². The molecule has 0 fully saturated rings. The Bertz CT molecular complexity index is 315. The molecule has 0 aromatic carbocycles. The van der Waals surface area contributed by atoms with Crippen LogP contribution in [0.2, 0.25) is 0 Å². The quantitative estimate of drug-likeness (QED) is 0.447. The molecule has 0 aliphatic carbocycles. The summed E-state index contributed by atoms with van der Waals surface area (Å²) in [6.45, 7) is 0. The molecule has 0 amide bonds. The third kappa shape index (κ3) is 3.05. The number of hydrogen-bond donors (Lipinski definition) is 0. The topological polar surface area (TPSA) is 48.2 Å². The van der Waals surface area contributed by atoms with Crippen LogP contribution in [0, 0.1) is 0 Å². The van der Waals surface area contributed by atoms with E-state index in [2.05, 4.69) is 4.99 Å². The number of halogens is 2. The minimum Gasteiger partial charge on any atom is -1.00 e. The summed E-state index contributed by atoms with van der Waals surface area (Å²) in [4.78, 5) is 3.53. The number of hydrogen-bond acceptors (Lipinski definition) is 3. The molecule has 0 aromatic heterocycles. The summed E-state index contributed by atoms with van der Waals surface area (Å²) in [5, 5.41) is -0.114. The van der Waals surface area contributed by atoms with Crippen molar-refractivity contribution in [3.8, 4) is 0 Å². The van der Waals surface area contributed by atoms with Crippen molar-refractivity contribution in [1.29, 1.82) is 0 Å². The van der Waals surface area contributed by atoms with Crippen molar-refractivity contribution in [3.63, 3.8) is 0 Å². The maximum absolute atomic E-state index is 10.5. The van der Waals surface area contributed by atoms with Crippen molar-refractivity contribution in [2.45, 2.75) is 0 Å². The number of nitrogens with zero attached hydrogens (tertiary/aromatic N) is 1. The second-order valence-electron chi connectivity index (χ2n) is 1.61. The monoisotopic (exact) mass is 212 g/mol. The molecule has 0 N–H and O–H groups in total. The first-order valence-corrected chi connectivity index (χ1v) is 4.77. The lowest BCUT2D eigenvalue weighted by Gasteiger charge is -1.82. The van der Waals surface area contributed by atoms with Crippen LogP contribution in [0.3, 0.4) is 0 Å². The van der Waals surface area contributed by atoms with E-state index in [1.807, 2.05) is 0 Å². The third-order valence-corrected chi connectivity index (χ3v) is 2.10. The lowest BCUT2D eigenvalue weighted by Crippen LogP contribution is -3.00. The molecule has 0 unspecified atom stereocenters. The van der Waals surface area contributed by atoms with Gasteiger partial charge in [-0.05, 0) is 6.08 Å². The Morgan fingerprint density at radius 1 is 1.36 bits per heavy atom. The predicted molar refractivity (Wildman–Crippen MR) is 40.2 cm³/mol. The average molecular weight is 213 g/mol. The molecular weight excluding hydrogens is 209 g/mol. The van der Waals surface area contributed by atoms with E-state index in [0.717, 1.165) is 0 Å². The molecule has 1 heterocycles. The Labute approximate surface area is 75.3 Å². The van der Waals surface area contributed by atoms with Crippen LogP contribution < -0.4 is 17.4 Å². The van der Waals surface area contributed by atoms with Crippen molar-refractivity contribution in [2.24, 2.45) is 0 Å². The summed E-state index contributed by atoms with van der Waals surface area (Å²) in [5.74, 6) is 0. The van der Waals surface area contributed by atoms with E-state index in [0.29, 0.717) is 0 Å². The summed E-state index contributed by atoms with van der Waals surface area (Å²) in [7, 11) is 1.33. The van der Waals surface area contributed by atoms with Gasteiger partial charge in [-0.15, -0.1) is 0 Å². The molecule has 1 aliphatic rings. The van der Waals surface area contributed by atoms with Crippen molar-refractivity contribution in [2.75, 3.05) is 0 Å². The minimum atomic E-state index is -3.64. The highest BCUT2D eigenvalue weighted by atomic mass is 35.7. The largest absolute Gasteiger partial charge is 1.00 e. The van der Waals surface area contributed by atoms with E-state index in [4.69, 9.17) is 10.7 Å². The Hall–Kier alpha value is -0.320. The first-order chi connectivity index (χ1) is 4.61. The smallest absolute Gasteiger partial charge is 0.381 e. The maximum Gasteiger partial charge on any atom is 0.381 e. The molecule has 0 aromatic rings. The molecule has 3 nitrogen and oxygen atoms in total. The van der Waals surface area contributed by atoms with Gasteiger partial charge in [0.25, 0.3) is 0 Å². The molecule has 61 valence electrons. The number of aliphatic imine (C=N–C) groups is 1. The van der Waals surface area contributed by atoms with Crippen LogP contribution >= 0.6 is 10.7 Å². The van der Waals surface area contributed by atoms with Crippen LogP contribution in [0.5, 0.6) is 0 Å². The van der Waals surface area contributed by atoms with Crippen LogP contribution in [0.4, 0.5) is 0 Å². The second-order valence-corrected chi connectivity index (χ2v) is 4.12. The zero-order valence-electron chi connectivity index (χ0n) is 5.24. The fraction of sp³-hybridized carbons (Fsp3) is 0. The lowest BCUT2D eigenvalue weighted by molar-refractivity contribution is -0.00000418. The molecule has 0 spiro atoms. The highest BCUT2D eigenvalue weighted by Gasteiger charge is 2.23. The van der Waals surface area contributed by atoms with Gasteiger partial charge in [-0.1, -0.05) is 0 Å². The fourth-order valence-electron chi connectivity index (χ4n) is 0.491. The highest BCUT2D eigenvalue weighted by Crippen LogP contribution is 2.08. The van der Waals surface area contributed by atoms with Gasteiger partial charge in [0.2, 0.25) is 6.21 Å². The van der Waals surface area contributed by atoms with E-state index >= 15 is 0 Å². The third-order valence-electron chi connectivity index (χ3n) is 0.888. The number of allylic oxidation sites excluding steroid dienone is 3. The molecular formula is C5H4Cl2NO2S. The van der Waals surface area contributed by atoms with E-state index in [1.165, 1.54) is 12.3 Å². The normalized spacial score (nSPS) is 15.5. The Morgan fingerprint density at radius 2 is 2.00 bits per heavy atom. The second kappa shape index (κ2) is 3.90. The van der Waals surface area contributed by atoms with Gasteiger partial charge in [0.15, 0.2) is 0 Å². The molecule has 1 aliphatic heterocycles. The fourth-order valence-corrected chi connectivity index (χ4v) is 1.19. The predicted octanol–water partition coefficient (Wildman–Crippen LogP) is -2.62. The summed E-state index contributed by atoms with van der Waals surface area (Å²) in [5.41, 5.74) is 0. The van der Waals surface area contributed by atoms with Gasteiger partial charge >= 0.3 is 14.1 Å². The van der Waals surface area contributed by atoms with Gasteiger partial charge < -0.3 is 12.4 Å². The molecule has 0 saturated carbocycles. The van der Waals surface area contributed by atoms with Crippen LogP contribution in [-0.2, 0) is 9.05 Å². The van der Waals surface area contributed by atoms with Crippen molar-refractivity contribution >= 4 is 25.9 Å². The van der Waals surface area contributed by atoms with E-state index < -0.39 is 9.05 Å². The van der Waals surface area contributed by atoms with Crippen molar-refractivity contribution < 1.29 is 20.8 Å². The van der Waals surface area contributed by atoms with Crippen LogP contribution in [0.1, 0.15) is 0 Å². The lowest BCUT2D eigenvalue weighted by atomic mass is 10.4. The van der Waals surface area contributed by atoms with Crippen LogP contribution in [0.15, 0.2) is 23.3 Å².